The van der Waals surface area contributed by atoms with Crippen LogP contribution in [0.1, 0.15) is 63.8 Å². The van der Waals surface area contributed by atoms with Crippen molar-refractivity contribution >= 4 is 54.2 Å². The van der Waals surface area contributed by atoms with Crippen LogP contribution in [0, 0.1) is 11.8 Å². The van der Waals surface area contributed by atoms with Crippen LogP contribution in [0.25, 0.3) is 98.7 Å². The van der Waals surface area contributed by atoms with Gasteiger partial charge >= 0.3 is 0 Å². The Hall–Kier alpha value is -7.28. The van der Waals surface area contributed by atoms with E-state index in [1.165, 1.54) is 110 Å². The monoisotopic (exact) mass is 844 g/mol. The zero-order valence-corrected chi connectivity index (χ0v) is 38.6. The van der Waals surface area contributed by atoms with Gasteiger partial charge in [-0.2, -0.15) is 0 Å². The molecule has 2 unspecified atom stereocenters. The largest absolute Gasteiger partial charge is 0.0622 e. The van der Waals surface area contributed by atoms with Gasteiger partial charge in [0.1, 0.15) is 0 Å². The van der Waals surface area contributed by atoms with Crippen molar-refractivity contribution in [2.75, 3.05) is 0 Å². The van der Waals surface area contributed by atoms with Crippen molar-refractivity contribution in [2.24, 2.45) is 11.8 Å². The molecule has 2 atom stereocenters. The van der Waals surface area contributed by atoms with E-state index in [-0.39, 0.29) is 10.8 Å². The molecule has 3 aliphatic carbocycles. The molecule has 13 rings (SSSR count). The Morgan fingerprint density at radius 2 is 0.545 bits per heavy atom. The minimum Gasteiger partial charge on any atom is -0.0622 e. The van der Waals surface area contributed by atoms with Gasteiger partial charge in [0.15, 0.2) is 0 Å². The lowest BCUT2D eigenvalue weighted by Gasteiger charge is -2.39. The lowest BCUT2D eigenvalue weighted by atomic mass is 9.64. The highest BCUT2D eigenvalue weighted by Crippen LogP contribution is 2.65. The second kappa shape index (κ2) is 14.1. The van der Waals surface area contributed by atoms with Crippen LogP contribution in [0.4, 0.5) is 0 Å². The molecule has 0 bridgehead atoms. The van der Waals surface area contributed by atoms with Gasteiger partial charge in [0.25, 0.3) is 0 Å². The van der Waals surface area contributed by atoms with Gasteiger partial charge in [0.05, 0.1) is 0 Å². The SMILES string of the molecule is CC1C2=C(C3=C(c4ccc(-c5c6ccccc6c(-c6ccccc6)c6ccccc56)cc4C3(C)C)C1C)C(C)(C)c1cc(-c3c4ccccc4c(-c4ccccc4)c4ccccc34)ccc12. The Labute approximate surface area is 388 Å². The summed E-state index contributed by atoms with van der Waals surface area (Å²) in [5.74, 6) is 0.744. The summed E-state index contributed by atoms with van der Waals surface area (Å²) in [6, 6.07) is 73.1. The van der Waals surface area contributed by atoms with Crippen LogP contribution in [0.15, 0.2) is 205 Å². The van der Waals surface area contributed by atoms with Gasteiger partial charge in [-0.1, -0.05) is 224 Å². The lowest BCUT2D eigenvalue weighted by molar-refractivity contribution is 0.540. The highest BCUT2D eigenvalue weighted by atomic mass is 14.6. The summed E-state index contributed by atoms with van der Waals surface area (Å²) in [5, 5.41) is 10.4. The number of hydrogen-bond acceptors (Lipinski definition) is 0. The van der Waals surface area contributed by atoms with Crippen molar-refractivity contribution in [3.63, 3.8) is 0 Å². The minimum absolute atomic E-state index is 0.201. The smallest absolute Gasteiger partial charge is 0.0159 e. The van der Waals surface area contributed by atoms with E-state index in [2.05, 4.69) is 236 Å². The van der Waals surface area contributed by atoms with Crippen molar-refractivity contribution in [1.82, 2.24) is 0 Å². The minimum atomic E-state index is -0.201. The molecule has 0 fully saturated rings. The van der Waals surface area contributed by atoms with Gasteiger partial charge in [-0.25, -0.2) is 0 Å². The molecule has 10 aromatic rings. The van der Waals surface area contributed by atoms with Crippen LogP contribution >= 0.6 is 0 Å². The van der Waals surface area contributed by atoms with Gasteiger partial charge in [-0.05, 0) is 156 Å². The molecule has 3 aliphatic rings. The molecule has 0 aliphatic heterocycles. The standard InChI is InChI=1S/C66H52/c1-39-40(2)58-54-36-34-44(62-51-31-19-15-27-47(51)60(42-23-11-8-12-24-42)48-28-16-20-32-52(48)62)38-56(54)66(5,6)64(58)63-57(39)53-35-33-43(37-55(53)65(63,3)4)61-49-29-17-13-25-45(49)59(41-21-9-7-10-22-41)46-26-14-18-30-50(46)61/h7-40H,1-6H3. The molecule has 0 N–H and O–H groups in total. The van der Waals surface area contributed by atoms with Crippen molar-refractivity contribution in [3.05, 3.63) is 228 Å². The van der Waals surface area contributed by atoms with E-state index in [0.29, 0.717) is 11.8 Å². The zero-order valence-electron chi connectivity index (χ0n) is 38.6. The van der Waals surface area contributed by atoms with Gasteiger partial charge in [-0.15, -0.1) is 0 Å². The fourth-order valence-electron chi connectivity index (χ4n) is 13.2. The topological polar surface area (TPSA) is 0 Å². The van der Waals surface area contributed by atoms with Crippen LogP contribution in [0.2, 0.25) is 0 Å². The van der Waals surface area contributed by atoms with Crippen molar-refractivity contribution in [3.8, 4) is 44.5 Å². The summed E-state index contributed by atoms with van der Waals surface area (Å²) >= 11 is 0. The Morgan fingerprint density at radius 3 is 0.833 bits per heavy atom. The van der Waals surface area contributed by atoms with E-state index in [9.17, 15) is 0 Å². The van der Waals surface area contributed by atoms with Gasteiger partial charge in [-0.3, -0.25) is 0 Å². The van der Waals surface area contributed by atoms with E-state index in [1.807, 2.05) is 0 Å². The number of hydrogen-bond donors (Lipinski definition) is 0. The molecule has 0 nitrogen and oxygen atoms in total. The fourth-order valence-corrected chi connectivity index (χ4v) is 13.2. The summed E-state index contributed by atoms with van der Waals surface area (Å²) in [6.07, 6.45) is 0. The molecule has 0 heterocycles. The first-order valence-electron chi connectivity index (χ1n) is 23.9. The number of benzene rings is 10. The maximum absolute atomic E-state index is 2.57. The highest BCUT2D eigenvalue weighted by molar-refractivity contribution is 6.23. The van der Waals surface area contributed by atoms with Crippen molar-refractivity contribution in [1.29, 1.82) is 0 Å². The molecule has 66 heavy (non-hydrogen) atoms. The first kappa shape index (κ1) is 39.1. The van der Waals surface area contributed by atoms with E-state index in [1.54, 1.807) is 22.3 Å². The molecule has 0 radical (unpaired) electrons. The molecule has 0 amide bonds. The third-order valence-corrected chi connectivity index (χ3v) is 16.2. The Balaban J connectivity index is 0.970. The first-order valence-corrected chi connectivity index (χ1v) is 23.9. The van der Waals surface area contributed by atoms with E-state index >= 15 is 0 Å². The van der Waals surface area contributed by atoms with Crippen LogP contribution in [-0.2, 0) is 10.8 Å². The van der Waals surface area contributed by atoms with Gasteiger partial charge in [0, 0.05) is 10.8 Å². The second-order valence-corrected chi connectivity index (χ2v) is 20.3. The molecule has 0 saturated heterocycles. The maximum atomic E-state index is 2.57. The molecule has 10 aromatic carbocycles. The fraction of sp³-hybridized carbons (Fsp3) is 0.152. The molecule has 316 valence electrons. The predicted molar refractivity (Wildman–Crippen MR) is 283 cm³/mol. The predicted octanol–water partition coefficient (Wildman–Crippen LogP) is 18.0. The highest BCUT2D eigenvalue weighted by Gasteiger charge is 2.53. The van der Waals surface area contributed by atoms with E-state index in [0.717, 1.165) is 0 Å². The number of fused-ring (bicyclic) bond motifs is 9. The van der Waals surface area contributed by atoms with Crippen LogP contribution in [0.3, 0.4) is 0 Å². The third-order valence-electron chi connectivity index (χ3n) is 16.2. The van der Waals surface area contributed by atoms with E-state index in [4.69, 9.17) is 0 Å². The van der Waals surface area contributed by atoms with Crippen LogP contribution in [0.5, 0.6) is 0 Å². The molecule has 0 saturated carbocycles. The van der Waals surface area contributed by atoms with Crippen LogP contribution < -0.4 is 0 Å². The Kier molecular flexibility index (Phi) is 8.36. The first-order chi connectivity index (χ1) is 32.1. The summed E-state index contributed by atoms with van der Waals surface area (Å²) < 4.78 is 0. The molecule has 0 aromatic heterocycles. The summed E-state index contributed by atoms with van der Waals surface area (Å²) in [4.78, 5) is 0. The average molecular weight is 845 g/mol. The quantitative estimate of drug-likeness (QED) is 0.155. The molecule has 0 heteroatoms. The molecular weight excluding hydrogens is 793 g/mol. The Bertz CT molecular complexity index is 3400. The van der Waals surface area contributed by atoms with Gasteiger partial charge in [0.2, 0.25) is 0 Å². The average Bonchev–Trinajstić information content (AvgIpc) is 3.73. The maximum Gasteiger partial charge on any atom is 0.0159 e. The molecular formula is C66H52. The molecule has 0 spiro atoms. The number of rotatable bonds is 4. The third kappa shape index (κ3) is 5.27. The zero-order chi connectivity index (χ0) is 44.6. The normalized spacial score (nSPS) is 18.0. The Morgan fingerprint density at radius 1 is 0.288 bits per heavy atom. The lowest BCUT2D eigenvalue weighted by Crippen LogP contribution is -2.30. The van der Waals surface area contributed by atoms with E-state index < -0.39 is 0 Å². The summed E-state index contributed by atoms with van der Waals surface area (Å²) in [5.41, 5.74) is 21.9. The second-order valence-electron chi connectivity index (χ2n) is 20.3. The summed E-state index contributed by atoms with van der Waals surface area (Å²) in [6.45, 7) is 15.0. The van der Waals surface area contributed by atoms with Crippen molar-refractivity contribution < 1.29 is 0 Å². The number of allylic oxidation sites excluding steroid dienone is 4. The van der Waals surface area contributed by atoms with Crippen LogP contribution in [-0.4, -0.2) is 0 Å². The van der Waals surface area contributed by atoms with Gasteiger partial charge < -0.3 is 0 Å². The summed E-state index contributed by atoms with van der Waals surface area (Å²) in [7, 11) is 0. The van der Waals surface area contributed by atoms with Crippen molar-refractivity contribution in [2.45, 2.75) is 52.4 Å².